The Hall–Kier alpha value is -4.21. The van der Waals surface area contributed by atoms with Crippen molar-refractivity contribution in [2.24, 2.45) is 0 Å². The number of carbonyl (C=O) groups excluding carboxylic acids is 2. The van der Waals surface area contributed by atoms with Gasteiger partial charge in [0.05, 0.1) is 29.3 Å². The molecule has 0 spiro atoms. The second kappa shape index (κ2) is 10.2. The number of nitro groups is 1. The molecule has 0 saturated carbocycles. The zero-order valence-corrected chi connectivity index (χ0v) is 19.3. The Bertz CT molecular complexity index is 1180. The lowest BCUT2D eigenvalue weighted by Crippen LogP contribution is -2.36. The van der Waals surface area contributed by atoms with Crippen LogP contribution in [0.4, 0.5) is 10.5 Å². The Labute approximate surface area is 196 Å². The van der Waals surface area contributed by atoms with E-state index in [1.54, 1.807) is 57.3 Å². The molecule has 0 bridgehead atoms. The van der Waals surface area contributed by atoms with Gasteiger partial charge in [0.25, 0.3) is 5.69 Å². The minimum absolute atomic E-state index is 0.0190. The van der Waals surface area contributed by atoms with Crippen LogP contribution in [0.5, 0.6) is 0 Å². The van der Waals surface area contributed by atoms with E-state index < -0.39 is 28.6 Å². The van der Waals surface area contributed by atoms with Crippen molar-refractivity contribution in [1.29, 1.82) is 0 Å². The van der Waals surface area contributed by atoms with E-state index in [9.17, 15) is 19.7 Å². The maximum absolute atomic E-state index is 12.5. The lowest BCUT2D eigenvalue weighted by Gasteiger charge is -2.23. The second-order valence-corrected chi connectivity index (χ2v) is 8.57. The van der Waals surface area contributed by atoms with Crippen LogP contribution in [0, 0.1) is 10.1 Å². The number of methoxy groups -OCH3 is 1. The highest BCUT2D eigenvalue weighted by atomic mass is 16.6. The molecule has 2 aromatic carbocycles. The van der Waals surface area contributed by atoms with Crippen LogP contribution in [0.2, 0.25) is 0 Å². The van der Waals surface area contributed by atoms with E-state index in [0.29, 0.717) is 29.1 Å². The number of benzene rings is 2. The van der Waals surface area contributed by atoms with Gasteiger partial charge in [-0.25, -0.2) is 14.6 Å². The van der Waals surface area contributed by atoms with Crippen LogP contribution in [0.1, 0.15) is 48.6 Å². The normalized spacial score (nSPS) is 12.0. The van der Waals surface area contributed by atoms with Crippen molar-refractivity contribution in [2.75, 3.05) is 7.11 Å². The summed E-state index contributed by atoms with van der Waals surface area (Å²) in [7, 11) is 1.31. The van der Waals surface area contributed by atoms with Crippen molar-refractivity contribution in [3.05, 3.63) is 81.8 Å². The quantitative estimate of drug-likeness (QED) is 0.295. The molecular weight excluding hydrogens is 440 g/mol. The first-order valence-electron chi connectivity index (χ1n) is 10.5. The van der Waals surface area contributed by atoms with Crippen molar-refractivity contribution in [3.8, 4) is 11.3 Å². The summed E-state index contributed by atoms with van der Waals surface area (Å²) in [6.45, 7) is 5.29. The second-order valence-electron chi connectivity index (χ2n) is 8.57. The predicted octanol–water partition coefficient (Wildman–Crippen LogP) is 4.58. The number of aromatic nitrogens is 2. The fourth-order valence-electron chi connectivity index (χ4n) is 3.26. The number of nitro benzene ring substituents is 1. The molecule has 1 aromatic heterocycles. The van der Waals surface area contributed by atoms with Crippen LogP contribution >= 0.6 is 0 Å². The highest BCUT2D eigenvalue weighted by Gasteiger charge is 2.23. The minimum Gasteiger partial charge on any atom is -0.465 e. The maximum atomic E-state index is 12.5. The van der Waals surface area contributed by atoms with E-state index >= 15 is 0 Å². The number of carbonyl (C=O) groups is 2. The first-order valence-corrected chi connectivity index (χ1v) is 10.5. The van der Waals surface area contributed by atoms with Gasteiger partial charge < -0.3 is 19.8 Å². The lowest BCUT2D eigenvalue weighted by atomic mass is 10.0. The number of nitrogens with zero attached hydrogens (tertiary/aromatic N) is 2. The van der Waals surface area contributed by atoms with Crippen LogP contribution in [-0.2, 0) is 15.9 Å². The molecule has 1 heterocycles. The predicted molar refractivity (Wildman–Crippen MR) is 124 cm³/mol. The summed E-state index contributed by atoms with van der Waals surface area (Å²) >= 11 is 0. The van der Waals surface area contributed by atoms with Gasteiger partial charge in [-0.2, -0.15) is 0 Å². The molecule has 1 unspecified atom stereocenters. The summed E-state index contributed by atoms with van der Waals surface area (Å²) in [6, 6.07) is 12.3. The number of hydrogen-bond acceptors (Lipinski definition) is 7. The Morgan fingerprint density at radius 3 is 2.50 bits per heavy atom. The van der Waals surface area contributed by atoms with E-state index in [4.69, 9.17) is 9.47 Å². The van der Waals surface area contributed by atoms with Gasteiger partial charge >= 0.3 is 12.1 Å². The third kappa shape index (κ3) is 6.41. The smallest absolute Gasteiger partial charge is 0.408 e. The third-order valence-electron chi connectivity index (χ3n) is 4.78. The van der Waals surface area contributed by atoms with Crippen molar-refractivity contribution in [1.82, 2.24) is 15.3 Å². The summed E-state index contributed by atoms with van der Waals surface area (Å²) in [5, 5.41) is 13.7. The molecule has 2 N–H and O–H groups in total. The summed E-state index contributed by atoms with van der Waals surface area (Å²) in [6.07, 6.45) is 1.36. The lowest BCUT2D eigenvalue weighted by molar-refractivity contribution is -0.384. The third-order valence-corrected chi connectivity index (χ3v) is 4.78. The number of alkyl carbamates (subject to hydrolysis) is 1. The topological polar surface area (TPSA) is 136 Å². The maximum Gasteiger partial charge on any atom is 0.408 e. The molecule has 0 aliphatic heterocycles. The zero-order valence-electron chi connectivity index (χ0n) is 19.3. The number of nitrogens with one attached hydrogen (secondary N) is 2. The van der Waals surface area contributed by atoms with Gasteiger partial charge in [-0.15, -0.1) is 0 Å². The summed E-state index contributed by atoms with van der Waals surface area (Å²) in [4.78, 5) is 42.5. The van der Waals surface area contributed by atoms with Crippen molar-refractivity contribution in [3.63, 3.8) is 0 Å². The number of hydrogen-bond donors (Lipinski definition) is 2. The van der Waals surface area contributed by atoms with Crippen LogP contribution in [0.3, 0.4) is 0 Å². The molecule has 3 rings (SSSR count). The Balaban J connectivity index is 1.89. The first-order chi connectivity index (χ1) is 16.1. The fraction of sp³-hybridized carbons (Fsp3) is 0.292. The van der Waals surface area contributed by atoms with E-state index in [0.717, 1.165) is 5.56 Å². The van der Waals surface area contributed by atoms with Crippen LogP contribution in [0.25, 0.3) is 11.3 Å². The Morgan fingerprint density at radius 2 is 1.88 bits per heavy atom. The molecule has 0 aliphatic carbocycles. The number of amides is 1. The monoisotopic (exact) mass is 466 g/mol. The summed E-state index contributed by atoms with van der Waals surface area (Å²) in [5.41, 5.74) is 1.70. The van der Waals surface area contributed by atoms with Crippen LogP contribution in [-0.4, -0.2) is 39.7 Å². The molecule has 1 amide bonds. The summed E-state index contributed by atoms with van der Waals surface area (Å²) < 4.78 is 10.2. The van der Waals surface area contributed by atoms with Crippen molar-refractivity contribution < 1.29 is 24.0 Å². The van der Waals surface area contributed by atoms with Gasteiger partial charge in [-0.3, -0.25) is 10.1 Å². The van der Waals surface area contributed by atoms with E-state index in [2.05, 4.69) is 15.3 Å². The van der Waals surface area contributed by atoms with Crippen molar-refractivity contribution in [2.45, 2.75) is 38.8 Å². The average Bonchev–Trinajstić information content (AvgIpc) is 3.27. The molecule has 10 nitrogen and oxygen atoms in total. The van der Waals surface area contributed by atoms with Crippen LogP contribution in [0.15, 0.2) is 54.7 Å². The van der Waals surface area contributed by atoms with Gasteiger partial charge in [-0.1, -0.05) is 12.1 Å². The molecule has 34 heavy (non-hydrogen) atoms. The Morgan fingerprint density at radius 1 is 1.18 bits per heavy atom. The average molecular weight is 466 g/mol. The molecule has 1 atom stereocenters. The SMILES string of the molecule is COC(=O)c1cccc(CC(NC(=O)OC(C)(C)C)c2nc(-c3ccc([N+](=O)[O-])cc3)c[nH]2)c1. The van der Waals surface area contributed by atoms with Gasteiger partial charge in [0, 0.05) is 30.3 Å². The minimum atomic E-state index is -0.688. The van der Waals surface area contributed by atoms with E-state index in [1.807, 2.05) is 6.07 Å². The molecule has 0 aliphatic rings. The number of H-pyrrole nitrogens is 1. The highest BCUT2D eigenvalue weighted by molar-refractivity contribution is 5.89. The van der Waals surface area contributed by atoms with Gasteiger partial charge in [0.15, 0.2) is 0 Å². The number of esters is 1. The molecule has 10 heteroatoms. The van der Waals surface area contributed by atoms with Gasteiger partial charge in [0.1, 0.15) is 11.4 Å². The fourth-order valence-corrected chi connectivity index (χ4v) is 3.26. The zero-order chi connectivity index (χ0) is 24.9. The van der Waals surface area contributed by atoms with Gasteiger partial charge in [0.2, 0.25) is 0 Å². The van der Waals surface area contributed by atoms with Crippen LogP contribution < -0.4 is 5.32 Å². The summed E-state index contributed by atoms with van der Waals surface area (Å²) in [5.74, 6) is -0.000333. The number of imidazole rings is 1. The van der Waals surface area contributed by atoms with E-state index in [-0.39, 0.29) is 5.69 Å². The molecule has 0 radical (unpaired) electrons. The van der Waals surface area contributed by atoms with Crippen molar-refractivity contribution >= 4 is 17.7 Å². The number of rotatable bonds is 7. The molecule has 178 valence electrons. The first kappa shape index (κ1) is 24.4. The number of ether oxygens (including phenoxy) is 2. The number of non-ortho nitro benzene ring substituents is 1. The molecule has 0 saturated heterocycles. The van der Waals surface area contributed by atoms with E-state index in [1.165, 1.54) is 19.2 Å². The molecule has 3 aromatic rings. The number of aromatic amines is 1. The molecular formula is C24H26N4O6. The molecule has 0 fully saturated rings. The standard InChI is InChI=1S/C24H26N4O6/c1-24(2,3)34-23(30)27-19(13-15-6-5-7-17(12-15)22(29)33-4)21-25-14-20(26-21)16-8-10-18(11-9-16)28(31)32/h5-12,14,19H,13H2,1-4H3,(H,25,26)(H,27,30). The highest BCUT2D eigenvalue weighted by Crippen LogP contribution is 2.24. The largest absolute Gasteiger partial charge is 0.465 e. The van der Waals surface area contributed by atoms with Gasteiger partial charge in [-0.05, 0) is 50.6 Å². The Kier molecular flexibility index (Phi) is 7.30.